The zero-order chi connectivity index (χ0) is 25.9. The molecule has 0 bridgehead atoms. The molecule has 1 heterocycles. The summed E-state index contributed by atoms with van der Waals surface area (Å²) in [5.41, 5.74) is 1.68. The summed E-state index contributed by atoms with van der Waals surface area (Å²) >= 11 is 1.40. The summed E-state index contributed by atoms with van der Waals surface area (Å²) in [5.74, 6) is 0.695. The first-order valence-electron chi connectivity index (χ1n) is 12.1. The molecule has 3 aromatic rings. The first-order valence-corrected chi connectivity index (χ1v) is 14.8. The summed E-state index contributed by atoms with van der Waals surface area (Å²) in [5, 5.41) is 10.7. The molecule has 8 heteroatoms. The van der Waals surface area contributed by atoms with Gasteiger partial charge in [0.15, 0.2) is 0 Å². The molecule has 6 nitrogen and oxygen atoms in total. The second-order valence-corrected chi connectivity index (χ2v) is 12.1. The second kappa shape index (κ2) is 10.7. The van der Waals surface area contributed by atoms with Gasteiger partial charge in [-0.3, -0.25) is 0 Å². The Kier molecular flexibility index (Phi) is 7.87. The molecule has 0 radical (unpaired) electrons. The van der Waals surface area contributed by atoms with Crippen LogP contribution in [0.3, 0.4) is 0 Å². The highest BCUT2D eigenvalue weighted by molar-refractivity contribution is 7.98. The number of unbranched alkanes of at least 4 members (excludes halogenated alkanes) is 1. The number of para-hydroxylation sites is 1. The molecule has 0 amide bonds. The molecule has 0 aromatic heterocycles. The third kappa shape index (κ3) is 5.08. The predicted octanol–water partition coefficient (Wildman–Crippen LogP) is 6.41. The number of methoxy groups -OCH3 is 1. The van der Waals surface area contributed by atoms with Crippen LogP contribution in [0.4, 0.5) is 11.4 Å². The Balaban J connectivity index is 1.94. The molecule has 0 aliphatic carbocycles. The number of aromatic hydroxyl groups is 1. The molecule has 3 aromatic carbocycles. The normalized spacial score (nSPS) is 19.5. The fourth-order valence-electron chi connectivity index (χ4n) is 4.81. The van der Waals surface area contributed by atoms with Crippen LogP contribution in [-0.2, 0) is 16.6 Å². The first-order chi connectivity index (χ1) is 17.2. The molecule has 1 aliphatic rings. The van der Waals surface area contributed by atoms with Gasteiger partial charge in [-0.05, 0) is 55.5 Å². The summed E-state index contributed by atoms with van der Waals surface area (Å²) in [7, 11) is -2.36. The average molecular weight is 527 g/mol. The standard InChI is InChI=1S/C28H34N2O4S2/c1-5-6-16-28(2)20-29(22-10-8-7-9-11-22)24-17-26(35-4)25(31)18-27(24)36(32,33)30(28)19-21-12-14-23(34-3)15-13-21/h7-15,17-18,31H,5-6,16,19-20H2,1-4H3. The van der Waals surface area contributed by atoms with Gasteiger partial charge in [-0.15, -0.1) is 11.8 Å². The minimum Gasteiger partial charge on any atom is -0.507 e. The number of ether oxygens (including phenoxy) is 1. The molecule has 0 spiro atoms. The van der Waals surface area contributed by atoms with Crippen molar-refractivity contribution in [2.45, 2.75) is 55.0 Å². The molecular weight excluding hydrogens is 492 g/mol. The highest BCUT2D eigenvalue weighted by Crippen LogP contribution is 2.46. The van der Waals surface area contributed by atoms with Gasteiger partial charge in [0.2, 0.25) is 10.0 Å². The van der Waals surface area contributed by atoms with Gasteiger partial charge in [-0.25, -0.2) is 8.42 Å². The van der Waals surface area contributed by atoms with E-state index in [1.54, 1.807) is 17.5 Å². The van der Waals surface area contributed by atoms with Crippen molar-refractivity contribution >= 4 is 33.2 Å². The smallest absolute Gasteiger partial charge is 0.246 e. The molecule has 4 rings (SSSR count). The lowest BCUT2D eigenvalue weighted by Gasteiger charge is -2.41. The lowest BCUT2D eigenvalue weighted by atomic mass is 9.92. The molecule has 1 unspecified atom stereocenters. The molecular formula is C28H34N2O4S2. The van der Waals surface area contributed by atoms with Crippen molar-refractivity contribution in [3.05, 3.63) is 72.3 Å². The summed E-state index contributed by atoms with van der Waals surface area (Å²) in [4.78, 5) is 2.86. The van der Waals surface area contributed by atoms with Gasteiger partial charge in [0.05, 0.1) is 23.2 Å². The number of benzene rings is 3. The van der Waals surface area contributed by atoms with Crippen LogP contribution in [0.25, 0.3) is 0 Å². The minimum absolute atomic E-state index is 0.0283. The van der Waals surface area contributed by atoms with Crippen molar-refractivity contribution in [2.75, 3.05) is 24.8 Å². The Bertz CT molecular complexity index is 1300. The fourth-order valence-corrected chi connectivity index (χ4v) is 7.28. The van der Waals surface area contributed by atoms with Gasteiger partial charge in [0.25, 0.3) is 0 Å². The molecule has 1 N–H and O–H groups in total. The number of nitrogens with zero attached hydrogens (tertiary/aromatic N) is 2. The predicted molar refractivity (Wildman–Crippen MR) is 147 cm³/mol. The van der Waals surface area contributed by atoms with Crippen molar-refractivity contribution < 1.29 is 18.3 Å². The molecule has 0 fully saturated rings. The minimum atomic E-state index is -3.97. The van der Waals surface area contributed by atoms with Crippen LogP contribution in [0.2, 0.25) is 0 Å². The van der Waals surface area contributed by atoms with Crippen LogP contribution in [-0.4, -0.2) is 43.3 Å². The number of phenols is 1. The van der Waals surface area contributed by atoms with Gasteiger partial charge in [0.1, 0.15) is 16.4 Å². The van der Waals surface area contributed by atoms with Crippen LogP contribution >= 0.6 is 11.8 Å². The summed E-state index contributed by atoms with van der Waals surface area (Å²) in [6.07, 6.45) is 4.44. The molecule has 1 aliphatic heterocycles. The Labute approximate surface area is 219 Å². The Morgan fingerprint density at radius 3 is 2.39 bits per heavy atom. The SMILES string of the molecule is CCCCC1(C)CN(c2ccccc2)c2cc(SC)c(O)cc2S(=O)(=O)N1Cc1ccc(OC)cc1. The number of phenolic OH excluding ortho intramolecular Hbond substituents is 1. The van der Waals surface area contributed by atoms with E-state index in [1.807, 2.05) is 67.8 Å². The van der Waals surface area contributed by atoms with Gasteiger partial charge in [0, 0.05) is 24.8 Å². The highest BCUT2D eigenvalue weighted by Gasteiger charge is 2.46. The van der Waals surface area contributed by atoms with Crippen LogP contribution in [0, 0.1) is 0 Å². The highest BCUT2D eigenvalue weighted by atomic mass is 32.2. The van der Waals surface area contributed by atoms with Crippen molar-refractivity contribution in [3.8, 4) is 11.5 Å². The van der Waals surface area contributed by atoms with E-state index in [-0.39, 0.29) is 17.2 Å². The number of hydrogen-bond donors (Lipinski definition) is 1. The lowest BCUT2D eigenvalue weighted by Crippen LogP contribution is -2.53. The van der Waals surface area contributed by atoms with E-state index in [9.17, 15) is 13.5 Å². The fraction of sp³-hybridized carbons (Fsp3) is 0.357. The molecule has 0 saturated carbocycles. The zero-order valence-corrected chi connectivity index (χ0v) is 22.9. The quantitative estimate of drug-likeness (QED) is 0.342. The number of anilines is 2. The largest absolute Gasteiger partial charge is 0.507 e. The molecule has 1 atom stereocenters. The van der Waals surface area contributed by atoms with Gasteiger partial charge < -0.3 is 14.7 Å². The van der Waals surface area contributed by atoms with Crippen LogP contribution < -0.4 is 9.64 Å². The maximum absolute atomic E-state index is 14.4. The first kappa shape index (κ1) is 26.4. The van der Waals surface area contributed by atoms with Gasteiger partial charge in [-0.1, -0.05) is 50.1 Å². The second-order valence-electron chi connectivity index (χ2n) is 9.37. The van der Waals surface area contributed by atoms with E-state index in [2.05, 4.69) is 11.8 Å². The number of fused-ring (bicyclic) bond motifs is 1. The van der Waals surface area contributed by atoms with E-state index in [0.717, 1.165) is 29.8 Å². The van der Waals surface area contributed by atoms with Crippen LogP contribution in [0.15, 0.2) is 76.5 Å². The molecule has 192 valence electrons. The van der Waals surface area contributed by atoms with Crippen LogP contribution in [0.1, 0.15) is 38.7 Å². The molecule has 36 heavy (non-hydrogen) atoms. The Morgan fingerprint density at radius 2 is 1.78 bits per heavy atom. The summed E-state index contributed by atoms with van der Waals surface area (Å²) in [6.45, 7) is 4.87. The van der Waals surface area contributed by atoms with E-state index >= 15 is 0 Å². The topological polar surface area (TPSA) is 70.1 Å². The van der Waals surface area contributed by atoms with E-state index < -0.39 is 15.6 Å². The maximum Gasteiger partial charge on any atom is 0.246 e. The number of hydrogen-bond acceptors (Lipinski definition) is 6. The van der Waals surface area contributed by atoms with E-state index in [0.29, 0.717) is 23.5 Å². The third-order valence-electron chi connectivity index (χ3n) is 6.84. The summed E-state index contributed by atoms with van der Waals surface area (Å²) < 4.78 is 35.8. The van der Waals surface area contributed by atoms with Crippen LogP contribution in [0.5, 0.6) is 11.5 Å². The maximum atomic E-state index is 14.4. The Hall–Kier alpha value is -2.68. The van der Waals surface area contributed by atoms with Crippen molar-refractivity contribution in [2.24, 2.45) is 0 Å². The van der Waals surface area contributed by atoms with Crippen molar-refractivity contribution in [1.82, 2.24) is 4.31 Å². The van der Waals surface area contributed by atoms with E-state index in [1.165, 1.54) is 17.8 Å². The summed E-state index contributed by atoms with van der Waals surface area (Å²) in [6, 6.07) is 20.6. The lowest BCUT2D eigenvalue weighted by molar-refractivity contribution is 0.191. The number of rotatable bonds is 8. The zero-order valence-electron chi connectivity index (χ0n) is 21.3. The van der Waals surface area contributed by atoms with Gasteiger partial charge >= 0.3 is 0 Å². The van der Waals surface area contributed by atoms with Crippen molar-refractivity contribution in [3.63, 3.8) is 0 Å². The average Bonchev–Trinajstić information content (AvgIpc) is 2.95. The van der Waals surface area contributed by atoms with E-state index in [4.69, 9.17) is 4.74 Å². The monoisotopic (exact) mass is 526 g/mol. The number of sulfonamides is 1. The number of thioether (sulfide) groups is 1. The Morgan fingerprint density at radius 1 is 1.08 bits per heavy atom. The van der Waals surface area contributed by atoms with Gasteiger partial charge in [-0.2, -0.15) is 4.31 Å². The third-order valence-corrected chi connectivity index (χ3v) is 9.64. The van der Waals surface area contributed by atoms with Crippen molar-refractivity contribution in [1.29, 1.82) is 0 Å². The molecule has 0 saturated heterocycles.